The first kappa shape index (κ1) is 13.9. The highest BCUT2D eigenvalue weighted by Gasteiger charge is 2.24. The van der Waals surface area contributed by atoms with Gasteiger partial charge >= 0.3 is 0 Å². The lowest BCUT2D eigenvalue weighted by Gasteiger charge is -2.14. The monoisotopic (exact) mass is 293 g/mol. The first-order chi connectivity index (χ1) is 8.10. The fourth-order valence-corrected chi connectivity index (χ4v) is 2.08. The predicted molar refractivity (Wildman–Crippen MR) is 71.6 cm³/mol. The second-order valence-electron chi connectivity index (χ2n) is 4.21. The Balaban J connectivity index is 2.89. The number of carbonyl (C=O) groups is 1. The number of ketones is 1. The Morgan fingerprint density at radius 1 is 1.41 bits per heavy atom. The van der Waals surface area contributed by atoms with Gasteiger partial charge in [-0.3, -0.25) is 4.79 Å². The van der Waals surface area contributed by atoms with Crippen LogP contribution in [-0.2, 0) is 4.79 Å². The van der Waals surface area contributed by atoms with Crippen LogP contribution in [0.2, 0.25) is 0 Å². The van der Waals surface area contributed by atoms with Gasteiger partial charge in [0.2, 0.25) is 0 Å². The average molecular weight is 294 g/mol. The number of halogens is 1. The highest BCUT2D eigenvalue weighted by molar-refractivity contribution is 9.10. The number of benzene rings is 1. The molecular formula is C14H16BrNO. The SMILES string of the molecule is CCCC(C)C(=O)C(C#N)c1ccc(Br)cc1. The highest BCUT2D eigenvalue weighted by atomic mass is 79.9. The van der Waals surface area contributed by atoms with Crippen molar-refractivity contribution < 1.29 is 4.79 Å². The molecular weight excluding hydrogens is 278 g/mol. The molecule has 3 heteroatoms. The van der Waals surface area contributed by atoms with Gasteiger partial charge in [-0.25, -0.2) is 0 Å². The summed E-state index contributed by atoms with van der Waals surface area (Å²) in [5.41, 5.74) is 0.781. The third-order valence-corrected chi connectivity index (χ3v) is 3.35. The van der Waals surface area contributed by atoms with E-state index in [-0.39, 0.29) is 11.7 Å². The van der Waals surface area contributed by atoms with E-state index >= 15 is 0 Å². The molecule has 0 spiro atoms. The molecule has 1 aromatic carbocycles. The summed E-state index contributed by atoms with van der Waals surface area (Å²) in [5, 5.41) is 9.15. The third kappa shape index (κ3) is 3.67. The molecule has 0 bridgehead atoms. The third-order valence-electron chi connectivity index (χ3n) is 2.82. The van der Waals surface area contributed by atoms with Crippen LogP contribution in [0.15, 0.2) is 28.7 Å². The second-order valence-corrected chi connectivity index (χ2v) is 5.12. The van der Waals surface area contributed by atoms with Crippen LogP contribution in [0, 0.1) is 17.2 Å². The minimum atomic E-state index is -0.635. The quantitative estimate of drug-likeness (QED) is 0.821. The van der Waals surface area contributed by atoms with Crippen LogP contribution in [0.5, 0.6) is 0 Å². The van der Waals surface area contributed by atoms with E-state index in [1.54, 1.807) is 0 Å². The van der Waals surface area contributed by atoms with Crippen molar-refractivity contribution in [2.45, 2.75) is 32.6 Å². The van der Waals surface area contributed by atoms with E-state index < -0.39 is 5.92 Å². The van der Waals surface area contributed by atoms with Gasteiger partial charge in [0.25, 0.3) is 0 Å². The zero-order valence-corrected chi connectivity index (χ0v) is 11.7. The largest absolute Gasteiger partial charge is 0.298 e. The van der Waals surface area contributed by atoms with Gasteiger partial charge in [-0.05, 0) is 24.1 Å². The van der Waals surface area contributed by atoms with E-state index in [0.717, 1.165) is 22.9 Å². The van der Waals surface area contributed by atoms with Crippen LogP contribution in [-0.4, -0.2) is 5.78 Å². The summed E-state index contributed by atoms with van der Waals surface area (Å²) in [6.07, 6.45) is 1.80. The molecule has 0 radical (unpaired) electrons. The Kier molecular flexibility index (Phi) is 5.37. The van der Waals surface area contributed by atoms with Crippen molar-refractivity contribution in [3.05, 3.63) is 34.3 Å². The molecule has 0 saturated heterocycles. The molecule has 0 heterocycles. The van der Waals surface area contributed by atoms with E-state index in [2.05, 4.69) is 22.0 Å². The Labute approximate surface area is 111 Å². The summed E-state index contributed by atoms with van der Waals surface area (Å²) < 4.78 is 0.951. The van der Waals surface area contributed by atoms with Crippen molar-refractivity contribution in [1.29, 1.82) is 5.26 Å². The van der Waals surface area contributed by atoms with Gasteiger partial charge < -0.3 is 0 Å². The molecule has 2 nitrogen and oxygen atoms in total. The lowest BCUT2D eigenvalue weighted by molar-refractivity contribution is -0.122. The van der Waals surface area contributed by atoms with Gasteiger partial charge in [0.1, 0.15) is 5.92 Å². The molecule has 0 aliphatic rings. The van der Waals surface area contributed by atoms with Crippen molar-refractivity contribution in [1.82, 2.24) is 0 Å². The van der Waals surface area contributed by atoms with E-state index in [9.17, 15) is 4.79 Å². The number of nitriles is 1. The number of rotatable bonds is 5. The molecule has 0 fully saturated rings. The number of carbonyl (C=O) groups excluding carboxylic acids is 1. The summed E-state index contributed by atoms with van der Waals surface area (Å²) in [5.74, 6) is -0.658. The van der Waals surface area contributed by atoms with Crippen molar-refractivity contribution in [2.75, 3.05) is 0 Å². The number of nitrogens with zero attached hydrogens (tertiary/aromatic N) is 1. The molecule has 17 heavy (non-hydrogen) atoms. The molecule has 2 unspecified atom stereocenters. The lowest BCUT2D eigenvalue weighted by atomic mass is 9.87. The van der Waals surface area contributed by atoms with Crippen molar-refractivity contribution in [3.63, 3.8) is 0 Å². The van der Waals surface area contributed by atoms with Crippen LogP contribution in [0.3, 0.4) is 0 Å². The van der Waals surface area contributed by atoms with Crippen molar-refractivity contribution in [2.24, 2.45) is 5.92 Å². The zero-order chi connectivity index (χ0) is 12.8. The molecule has 0 aromatic heterocycles. The lowest BCUT2D eigenvalue weighted by Crippen LogP contribution is -2.18. The Morgan fingerprint density at radius 3 is 2.47 bits per heavy atom. The predicted octanol–water partition coefficient (Wildman–Crippen LogP) is 4.06. The molecule has 1 rings (SSSR count). The van der Waals surface area contributed by atoms with Gasteiger partial charge in [0, 0.05) is 10.4 Å². The standard InChI is InChI=1S/C14H16BrNO/c1-3-4-10(2)14(17)13(9-16)11-5-7-12(15)8-6-11/h5-8,10,13H,3-4H2,1-2H3. The van der Waals surface area contributed by atoms with Gasteiger partial charge in [-0.15, -0.1) is 0 Å². The summed E-state index contributed by atoms with van der Waals surface area (Å²) in [6, 6.07) is 9.49. The maximum absolute atomic E-state index is 12.1. The fourth-order valence-electron chi connectivity index (χ4n) is 1.82. The maximum Gasteiger partial charge on any atom is 0.157 e. The van der Waals surface area contributed by atoms with E-state index in [1.165, 1.54) is 0 Å². The number of hydrogen-bond acceptors (Lipinski definition) is 2. The first-order valence-corrected chi connectivity index (χ1v) is 6.58. The van der Waals surface area contributed by atoms with Crippen molar-refractivity contribution in [3.8, 4) is 6.07 Å². The van der Waals surface area contributed by atoms with Crippen LogP contribution < -0.4 is 0 Å². The number of hydrogen-bond donors (Lipinski definition) is 0. The summed E-state index contributed by atoms with van der Waals surface area (Å²) in [4.78, 5) is 12.1. The average Bonchev–Trinajstić information content (AvgIpc) is 2.32. The second kappa shape index (κ2) is 6.56. The topological polar surface area (TPSA) is 40.9 Å². The molecule has 0 saturated carbocycles. The number of Topliss-reactive ketones (excluding diaryl/α,β-unsaturated/α-hetero) is 1. The summed E-state index contributed by atoms with van der Waals surface area (Å²) in [6.45, 7) is 3.94. The molecule has 0 aliphatic carbocycles. The van der Waals surface area contributed by atoms with Crippen LogP contribution in [0.4, 0.5) is 0 Å². The van der Waals surface area contributed by atoms with E-state index in [1.807, 2.05) is 38.1 Å². The van der Waals surface area contributed by atoms with Gasteiger partial charge in [-0.2, -0.15) is 5.26 Å². The normalized spacial score (nSPS) is 13.8. The van der Waals surface area contributed by atoms with Crippen LogP contribution >= 0.6 is 15.9 Å². The van der Waals surface area contributed by atoms with Crippen LogP contribution in [0.25, 0.3) is 0 Å². The van der Waals surface area contributed by atoms with Gasteiger partial charge in [0.05, 0.1) is 6.07 Å². The Bertz CT molecular complexity index is 419. The molecule has 0 N–H and O–H groups in total. The van der Waals surface area contributed by atoms with E-state index in [0.29, 0.717) is 0 Å². The Hall–Kier alpha value is -1.14. The van der Waals surface area contributed by atoms with Gasteiger partial charge in [-0.1, -0.05) is 48.3 Å². The minimum absolute atomic E-state index is 0.0247. The van der Waals surface area contributed by atoms with E-state index in [4.69, 9.17) is 5.26 Å². The molecule has 0 aliphatic heterocycles. The summed E-state index contributed by atoms with van der Waals surface area (Å²) >= 11 is 3.34. The van der Waals surface area contributed by atoms with Gasteiger partial charge in [0.15, 0.2) is 5.78 Å². The Morgan fingerprint density at radius 2 is 2.00 bits per heavy atom. The van der Waals surface area contributed by atoms with Crippen LogP contribution in [0.1, 0.15) is 38.2 Å². The molecule has 90 valence electrons. The molecule has 0 amide bonds. The fraction of sp³-hybridized carbons (Fsp3) is 0.429. The highest BCUT2D eigenvalue weighted by Crippen LogP contribution is 2.23. The smallest absolute Gasteiger partial charge is 0.157 e. The van der Waals surface area contributed by atoms with Crippen molar-refractivity contribution >= 4 is 21.7 Å². The summed E-state index contributed by atoms with van der Waals surface area (Å²) in [7, 11) is 0. The molecule has 2 atom stereocenters. The molecule has 1 aromatic rings. The first-order valence-electron chi connectivity index (χ1n) is 5.79. The minimum Gasteiger partial charge on any atom is -0.298 e. The zero-order valence-electron chi connectivity index (χ0n) is 10.1. The maximum atomic E-state index is 12.1.